The molecule has 3 aromatic rings. The van der Waals surface area contributed by atoms with Crippen LogP contribution in [-0.4, -0.2) is 54.4 Å². The Kier molecular flexibility index (Phi) is 6.32. The van der Waals surface area contributed by atoms with Crippen molar-refractivity contribution in [1.29, 1.82) is 0 Å². The third kappa shape index (κ3) is 5.08. The van der Waals surface area contributed by atoms with Gasteiger partial charge in [0.05, 0.1) is 17.3 Å². The highest BCUT2D eigenvalue weighted by atomic mass is 35.5. The van der Waals surface area contributed by atoms with Gasteiger partial charge < -0.3 is 14.1 Å². The summed E-state index contributed by atoms with van der Waals surface area (Å²) in [6.07, 6.45) is 0.982. The average Bonchev–Trinajstić information content (AvgIpc) is 3.19. The van der Waals surface area contributed by atoms with Crippen LogP contribution < -0.4 is 9.64 Å². The van der Waals surface area contributed by atoms with E-state index in [-0.39, 0.29) is 0 Å². The van der Waals surface area contributed by atoms with Gasteiger partial charge >= 0.3 is 0 Å². The van der Waals surface area contributed by atoms with Crippen molar-refractivity contribution in [3.63, 3.8) is 0 Å². The Hall–Kier alpha value is -2.57. The quantitative estimate of drug-likeness (QED) is 0.539. The highest BCUT2D eigenvalue weighted by Crippen LogP contribution is 2.26. The highest BCUT2D eigenvalue weighted by molar-refractivity contribution is 6.33. The first-order valence-electron chi connectivity index (χ1n) is 9.94. The normalized spacial score (nSPS) is 14.9. The second-order valence-corrected chi connectivity index (χ2v) is 7.54. The Morgan fingerprint density at radius 3 is 2.62 bits per heavy atom. The van der Waals surface area contributed by atoms with Crippen molar-refractivity contribution in [2.45, 2.75) is 13.3 Å². The molecule has 29 heavy (non-hydrogen) atoms. The van der Waals surface area contributed by atoms with E-state index in [4.69, 9.17) is 20.8 Å². The van der Waals surface area contributed by atoms with E-state index >= 15 is 0 Å². The van der Waals surface area contributed by atoms with Crippen LogP contribution >= 0.6 is 11.6 Å². The van der Waals surface area contributed by atoms with Crippen LogP contribution in [0, 0.1) is 6.92 Å². The fourth-order valence-corrected chi connectivity index (χ4v) is 3.79. The van der Waals surface area contributed by atoms with Gasteiger partial charge in [-0.25, -0.2) is 0 Å². The van der Waals surface area contributed by atoms with Gasteiger partial charge in [-0.05, 0) is 36.8 Å². The maximum absolute atomic E-state index is 6.32. The molecule has 4 rings (SSSR count). The molecular weight excluding hydrogens is 388 g/mol. The number of piperazine rings is 1. The summed E-state index contributed by atoms with van der Waals surface area (Å²) in [5.74, 6) is 1.90. The number of hydrogen-bond donors (Lipinski definition) is 0. The Labute approximate surface area is 176 Å². The smallest absolute Gasteiger partial charge is 0.247 e. The Bertz CT molecular complexity index is 938. The molecule has 1 aliphatic rings. The van der Waals surface area contributed by atoms with Gasteiger partial charge in [0.25, 0.3) is 0 Å². The third-order valence-electron chi connectivity index (χ3n) is 5.06. The minimum absolute atomic E-state index is 0.518. The first kappa shape index (κ1) is 19.7. The number of ether oxygens (including phenoxy) is 1. The maximum atomic E-state index is 6.32. The van der Waals surface area contributed by atoms with Gasteiger partial charge in [-0.2, -0.15) is 0 Å². The van der Waals surface area contributed by atoms with Crippen LogP contribution in [0.4, 0.5) is 5.69 Å². The molecule has 7 heteroatoms. The van der Waals surface area contributed by atoms with Gasteiger partial charge in [0, 0.05) is 45.2 Å². The summed E-state index contributed by atoms with van der Waals surface area (Å²) < 4.78 is 11.4. The number of nitrogens with zero attached hydrogens (tertiary/aromatic N) is 4. The van der Waals surface area contributed by atoms with Crippen molar-refractivity contribution in [3.05, 3.63) is 59.4 Å². The number of para-hydroxylation sites is 1. The van der Waals surface area contributed by atoms with Crippen LogP contribution in [0.25, 0.3) is 11.5 Å². The fraction of sp³-hybridized carbons (Fsp3) is 0.364. The number of benzene rings is 2. The fourth-order valence-electron chi connectivity index (χ4n) is 3.53. The lowest BCUT2D eigenvalue weighted by Crippen LogP contribution is -2.46. The molecule has 0 atom stereocenters. The van der Waals surface area contributed by atoms with Crippen LogP contribution in [0.1, 0.15) is 12.3 Å². The predicted octanol–water partition coefficient (Wildman–Crippen LogP) is 4.29. The lowest BCUT2D eigenvalue weighted by molar-refractivity contribution is 0.225. The van der Waals surface area contributed by atoms with Gasteiger partial charge in [-0.3, -0.25) is 4.90 Å². The average molecular weight is 413 g/mol. The standard InChI is InChI=1S/C22H25ClN4O2/c1-17-24-25-22(29-17)18-6-4-7-19(16-18)28-15-5-10-26-11-13-27(14-12-26)21-9-3-2-8-20(21)23/h2-4,6-9,16H,5,10-15H2,1H3. The molecule has 2 aromatic carbocycles. The molecule has 0 bridgehead atoms. The molecule has 0 spiro atoms. The van der Waals surface area contributed by atoms with Crippen molar-refractivity contribution >= 4 is 17.3 Å². The zero-order valence-electron chi connectivity index (χ0n) is 16.6. The molecule has 0 aliphatic carbocycles. The number of rotatable bonds is 7. The summed E-state index contributed by atoms with van der Waals surface area (Å²) in [6.45, 7) is 7.56. The summed E-state index contributed by atoms with van der Waals surface area (Å²) in [5.41, 5.74) is 2.01. The van der Waals surface area contributed by atoms with Gasteiger partial charge in [-0.1, -0.05) is 29.8 Å². The van der Waals surface area contributed by atoms with Crippen LogP contribution in [-0.2, 0) is 0 Å². The monoisotopic (exact) mass is 412 g/mol. The van der Waals surface area contributed by atoms with E-state index in [1.165, 1.54) is 0 Å². The minimum Gasteiger partial charge on any atom is -0.494 e. The van der Waals surface area contributed by atoms with Crippen LogP contribution in [0.2, 0.25) is 5.02 Å². The lowest BCUT2D eigenvalue weighted by Gasteiger charge is -2.36. The molecule has 152 valence electrons. The molecule has 0 radical (unpaired) electrons. The Morgan fingerprint density at radius 1 is 1.03 bits per heavy atom. The molecule has 1 aliphatic heterocycles. The van der Waals surface area contributed by atoms with Crippen molar-refractivity contribution in [2.24, 2.45) is 0 Å². The summed E-state index contributed by atoms with van der Waals surface area (Å²) >= 11 is 6.32. The Balaban J connectivity index is 1.20. The number of halogens is 1. The summed E-state index contributed by atoms with van der Waals surface area (Å²) in [6, 6.07) is 15.8. The second-order valence-electron chi connectivity index (χ2n) is 7.14. The number of aryl methyl sites for hydroxylation is 1. The van der Waals surface area contributed by atoms with E-state index in [9.17, 15) is 0 Å². The summed E-state index contributed by atoms with van der Waals surface area (Å²) in [7, 11) is 0. The Morgan fingerprint density at radius 2 is 1.86 bits per heavy atom. The molecule has 0 N–H and O–H groups in total. The first-order chi connectivity index (χ1) is 14.2. The molecule has 6 nitrogen and oxygen atoms in total. The van der Waals surface area contributed by atoms with Crippen LogP contribution in [0.5, 0.6) is 5.75 Å². The second kappa shape index (κ2) is 9.29. The van der Waals surface area contributed by atoms with Crippen LogP contribution in [0.15, 0.2) is 52.9 Å². The molecule has 0 unspecified atom stereocenters. The lowest BCUT2D eigenvalue weighted by atomic mass is 10.2. The topological polar surface area (TPSA) is 54.6 Å². The van der Waals surface area contributed by atoms with Gasteiger partial charge in [0.15, 0.2) is 0 Å². The number of hydrogen-bond acceptors (Lipinski definition) is 6. The predicted molar refractivity (Wildman–Crippen MR) is 115 cm³/mol. The summed E-state index contributed by atoms with van der Waals surface area (Å²) in [5, 5.41) is 8.76. The largest absolute Gasteiger partial charge is 0.494 e. The van der Waals surface area contributed by atoms with E-state index in [0.29, 0.717) is 18.4 Å². The molecule has 0 saturated carbocycles. The minimum atomic E-state index is 0.518. The van der Waals surface area contributed by atoms with Gasteiger partial charge in [0.2, 0.25) is 11.8 Å². The van der Waals surface area contributed by atoms with Crippen molar-refractivity contribution in [3.8, 4) is 17.2 Å². The molecule has 1 saturated heterocycles. The van der Waals surface area contributed by atoms with Gasteiger partial charge in [-0.15, -0.1) is 10.2 Å². The zero-order valence-corrected chi connectivity index (χ0v) is 17.3. The van der Waals surface area contributed by atoms with E-state index in [2.05, 4.69) is 26.1 Å². The molecule has 0 amide bonds. The zero-order chi connectivity index (χ0) is 20.1. The number of anilines is 1. The van der Waals surface area contributed by atoms with E-state index in [0.717, 1.165) is 61.2 Å². The molecule has 1 aromatic heterocycles. The molecular formula is C22H25ClN4O2. The third-order valence-corrected chi connectivity index (χ3v) is 5.38. The van der Waals surface area contributed by atoms with Crippen molar-refractivity contribution in [1.82, 2.24) is 15.1 Å². The maximum Gasteiger partial charge on any atom is 0.247 e. The summed E-state index contributed by atoms with van der Waals surface area (Å²) in [4.78, 5) is 4.84. The molecule has 2 heterocycles. The molecule has 1 fully saturated rings. The van der Waals surface area contributed by atoms with Gasteiger partial charge in [0.1, 0.15) is 5.75 Å². The van der Waals surface area contributed by atoms with E-state index in [1.54, 1.807) is 6.92 Å². The highest BCUT2D eigenvalue weighted by Gasteiger charge is 2.18. The SMILES string of the molecule is Cc1nnc(-c2cccc(OCCCN3CCN(c4ccccc4Cl)CC3)c2)o1. The van der Waals surface area contributed by atoms with Crippen molar-refractivity contribution in [2.75, 3.05) is 44.2 Å². The first-order valence-corrected chi connectivity index (χ1v) is 10.3. The van der Waals surface area contributed by atoms with Crippen molar-refractivity contribution < 1.29 is 9.15 Å². The van der Waals surface area contributed by atoms with E-state index < -0.39 is 0 Å². The van der Waals surface area contributed by atoms with E-state index in [1.807, 2.05) is 42.5 Å². The van der Waals surface area contributed by atoms with Crippen LogP contribution in [0.3, 0.4) is 0 Å². The number of aromatic nitrogens is 2.